The zero-order chi connectivity index (χ0) is 14.4. The highest BCUT2D eigenvalue weighted by molar-refractivity contribution is 9.10. The van der Waals surface area contributed by atoms with Crippen LogP contribution in [0.25, 0.3) is 22.1 Å². The van der Waals surface area contributed by atoms with Crippen LogP contribution in [0.5, 0.6) is 0 Å². The Labute approximate surface area is 126 Å². The molecule has 0 aliphatic rings. The summed E-state index contributed by atoms with van der Waals surface area (Å²) in [4.78, 5) is 12.0. The van der Waals surface area contributed by atoms with Crippen LogP contribution in [0.3, 0.4) is 0 Å². The van der Waals surface area contributed by atoms with E-state index >= 15 is 0 Å². The van der Waals surface area contributed by atoms with Crippen molar-refractivity contribution in [3.8, 4) is 0 Å². The minimum Gasteiger partial charge on any atom is -0.408 e. The van der Waals surface area contributed by atoms with Crippen molar-refractivity contribution >= 4 is 38.0 Å². The Morgan fingerprint density at radius 2 is 2.00 bits per heavy atom. The molecule has 0 saturated heterocycles. The molecule has 0 fully saturated rings. The second-order valence-corrected chi connectivity index (χ2v) is 5.61. The lowest BCUT2D eigenvalue weighted by Gasteiger charge is -1.99. The standard InChI is InChI=1S/C15H9BrN2O3/c16-9-5-6-10-11(17-21-14(10)7-9)8-18-12-3-1-2-4-13(12)20-15(18)19/h1-7H,8H2. The molecule has 0 N–H and O–H groups in total. The third kappa shape index (κ3) is 1.99. The van der Waals surface area contributed by atoms with Gasteiger partial charge in [-0.15, -0.1) is 0 Å². The van der Waals surface area contributed by atoms with Crippen molar-refractivity contribution < 1.29 is 8.94 Å². The molecule has 0 aliphatic heterocycles. The van der Waals surface area contributed by atoms with Gasteiger partial charge in [-0.2, -0.15) is 0 Å². The SMILES string of the molecule is O=c1oc2ccccc2n1Cc1noc2cc(Br)ccc12. The Bertz CT molecular complexity index is 1010. The number of fused-ring (bicyclic) bond motifs is 2. The molecular formula is C15H9BrN2O3. The summed E-state index contributed by atoms with van der Waals surface area (Å²) in [5.74, 6) is -0.399. The lowest BCUT2D eigenvalue weighted by Crippen LogP contribution is -2.15. The van der Waals surface area contributed by atoms with Gasteiger partial charge in [0.2, 0.25) is 0 Å². The van der Waals surface area contributed by atoms with Crippen LogP contribution in [-0.4, -0.2) is 9.72 Å². The van der Waals surface area contributed by atoms with E-state index in [0.717, 1.165) is 15.4 Å². The van der Waals surface area contributed by atoms with Crippen LogP contribution < -0.4 is 5.76 Å². The molecule has 2 aromatic carbocycles. The number of benzene rings is 2. The van der Waals surface area contributed by atoms with Gasteiger partial charge in [-0.1, -0.05) is 33.2 Å². The van der Waals surface area contributed by atoms with Crippen molar-refractivity contribution in [1.29, 1.82) is 0 Å². The zero-order valence-electron chi connectivity index (χ0n) is 10.7. The van der Waals surface area contributed by atoms with Gasteiger partial charge >= 0.3 is 5.76 Å². The number of oxazole rings is 1. The molecule has 2 aromatic heterocycles. The van der Waals surface area contributed by atoms with Crippen LogP contribution in [0.2, 0.25) is 0 Å². The first-order valence-corrected chi connectivity index (χ1v) is 7.14. The van der Waals surface area contributed by atoms with Gasteiger partial charge in [0.15, 0.2) is 11.2 Å². The average molecular weight is 345 g/mol. The third-order valence-electron chi connectivity index (χ3n) is 3.39. The van der Waals surface area contributed by atoms with Crippen molar-refractivity contribution in [2.24, 2.45) is 0 Å². The summed E-state index contributed by atoms with van der Waals surface area (Å²) in [7, 11) is 0. The largest absolute Gasteiger partial charge is 0.420 e. The number of rotatable bonds is 2. The maximum Gasteiger partial charge on any atom is 0.420 e. The fourth-order valence-electron chi connectivity index (χ4n) is 2.39. The first-order chi connectivity index (χ1) is 10.2. The van der Waals surface area contributed by atoms with E-state index in [1.807, 2.05) is 36.4 Å². The number of hydrogen-bond acceptors (Lipinski definition) is 4. The van der Waals surface area contributed by atoms with Crippen molar-refractivity contribution in [2.45, 2.75) is 6.54 Å². The molecule has 4 aromatic rings. The van der Waals surface area contributed by atoms with Crippen LogP contribution in [-0.2, 0) is 6.54 Å². The van der Waals surface area contributed by atoms with Gasteiger partial charge in [0.25, 0.3) is 0 Å². The Morgan fingerprint density at radius 1 is 1.14 bits per heavy atom. The Morgan fingerprint density at radius 3 is 2.90 bits per heavy atom. The van der Waals surface area contributed by atoms with E-state index in [4.69, 9.17) is 8.94 Å². The maximum atomic E-state index is 12.0. The average Bonchev–Trinajstić information content (AvgIpc) is 3.01. The molecule has 0 unspecified atom stereocenters. The summed E-state index contributed by atoms with van der Waals surface area (Å²) in [5.41, 5.74) is 2.69. The normalized spacial score (nSPS) is 11.5. The van der Waals surface area contributed by atoms with E-state index in [2.05, 4.69) is 21.1 Å². The zero-order valence-corrected chi connectivity index (χ0v) is 12.3. The summed E-state index contributed by atoms with van der Waals surface area (Å²) in [6, 6.07) is 13.0. The van der Waals surface area contributed by atoms with Crippen molar-refractivity contribution in [3.63, 3.8) is 0 Å². The summed E-state index contributed by atoms with van der Waals surface area (Å²) < 4.78 is 13.0. The Kier molecular flexibility index (Phi) is 2.71. The minimum atomic E-state index is -0.399. The highest BCUT2D eigenvalue weighted by Crippen LogP contribution is 2.24. The number of aromatic nitrogens is 2. The summed E-state index contributed by atoms with van der Waals surface area (Å²) >= 11 is 3.39. The molecule has 104 valence electrons. The highest BCUT2D eigenvalue weighted by atomic mass is 79.9. The van der Waals surface area contributed by atoms with Gasteiger partial charge < -0.3 is 8.94 Å². The van der Waals surface area contributed by atoms with E-state index in [1.54, 1.807) is 10.6 Å². The molecule has 0 saturated carbocycles. The molecule has 4 rings (SSSR count). The van der Waals surface area contributed by atoms with Crippen molar-refractivity contribution in [1.82, 2.24) is 9.72 Å². The molecular weight excluding hydrogens is 336 g/mol. The van der Waals surface area contributed by atoms with Gasteiger partial charge in [-0.25, -0.2) is 4.79 Å². The molecule has 2 heterocycles. The number of hydrogen-bond donors (Lipinski definition) is 0. The topological polar surface area (TPSA) is 61.2 Å². The van der Waals surface area contributed by atoms with Gasteiger partial charge in [0.05, 0.1) is 12.1 Å². The van der Waals surface area contributed by atoms with E-state index in [-0.39, 0.29) is 0 Å². The summed E-state index contributed by atoms with van der Waals surface area (Å²) in [6.45, 7) is 0.310. The second kappa shape index (κ2) is 4.60. The molecule has 0 bridgehead atoms. The molecule has 6 heteroatoms. The minimum absolute atomic E-state index is 0.310. The fraction of sp³-hybridized carbons (Fsp3) is 0.0667. The molecule has 0 atom stereocenters. The quantitative estimate of drug-likeness (QED) is 0.557. The first-order valence-electron chi connectivity index (χ1n) is 6.34. The highest BCUT2D eigenvalue weighted by Gasteiger charge is 2.14. The molecule has 0 amide bonds. The first kappa shape index (κ1) is 12.4. The monoisotopic (exact) mass is 344 g/mol. The molecule has 0 radical (unpaired) electrons. The van der Waals surface area contributed by atoms with Crippen LogP contribution in [0, 0.1) is 0 Å². The summed E-state index contributed by atoms with van der Waals surface area (Å²) in [5, 5.41) is 4.95. The smallest absolute Gasteiger partial charge is 0.408 e. The molecule has 0 aliphatic carbocycles. The van der Waals surface area contributed by atoms with Crippen molar-refractivity contribution in [3.05, 3.63) is 63.2 Å². The lowest BCUT2D eigenvalue weighted by atomic mass is 10.2. The molecule has 5 nitrogen and oxygen atoms in total. The van der Waals surface area contributed by atoms with Crippen LogP contribution in [0.15, 0.2) is 60.7 Å². The van der Waals surface area contributed by atoms with Crippen LogP contribution in [0.4, 0.5) is 0 Å². The molecule has 0 spiro atoms. The second-order valence-electron chi connectivity index (χ2n) is 4.69. The van der Waals surface area contributed by atoms with Crippen molar-refractivity contribution in [2.75, 3.05) is 0 Å². The fourth-order valence-corrected chi connectivity index (χ4v) is 2.73. The predicted octanol–water partition coefficient (Wildman–Crippen LogP) is 3.55. The van der Waals surface area contributed by atoms with Crippen LogP contribution >= 0.6 is 15.9 Å². The van der Waals surface area contributed by atoms with E-state index in [1.165, 1.54) is 0 Å². The summed E-state index contributed by atoms with van der Waals surface area (Å²) in [6.07, 6.45) is 0. The Hall–Kier alpha value is -2.34. The number of nitrogens with zero attached hydrogens (tertiary/aromatic N) is 2. The van der Waals surface area contributed by atoms with Gasteiger partial charge in [0.1, 0.15) is 5.69 Å². The third-order valence-corrected chi connectivity index (χ3v) is 3.88. The van der Waals surface area contributed by atoms with Gasteiger partial charge in [-0.05, 0) is 30.3 Å². The van der Waals surface area contributed by atoms with Crippen LogP contribution in [0.1, 0.15) is 5.69 Å². The van der Waals surface area contributed by atoms with Gasteiger partial charge in [0, 0.05) is 9.86 Å². The van der Waals surface area contributed by atoms with Gasteiger partial charge in [-0.3, -0.25) is 4.57 Å². The number of para-hydroxylation sites is 2. The predicted molar refractivity (Wildman–Crippen MR) is 81.3 cm³/mol. The Balaban J connectivity index is 1.87. The number of halogens is 1. The van der Waals surface area contributed by atoms with E-state index in [9.17, 15) is 4.79 Å². The molecule has 21 heavy (non-hydrogen) atoms. The van der Waals surface area contributed by atoms with E-state index < -0.39 is 5.76 Å². The lowest BCUT2D eigenvalue weighted by molar-refractivity contribution is 0.439. The maximum absolute atomic E-state index is 12.0. The van der Waals surface area contributed by atoms with E-state index in [0.29, 0.717) is 23.4 Å².